The van der Waals surface area contributed by atoms with Crippen LogP contribution in [0.25, 0.3) is 0 Å². The van der Waals surface area contributed by atoms with Gasteiger partial charge in [-0.25, -0.2) is 8.42 Å². The van der Waals surface area contributed by atoms with Crippen LogP contribution < -0.4 is 10.5 Å². The molecule has 1 aliphatic heterocycles. The Kier molecular flexibility index (Phi) is 2.55. The minimum atomic E-state index is -3.47. The van der Waals surface area contributed by atoms with Crippen molar-refractivity contribution < 1.29 is 13.2 Å². The van der Waals surface area contributed by atoms with Crippen molar-refractivity contribution in [3.63, 3.8) is 0 Å². The number of hydrogen-bond donors (Lipinski definition) is 1. The fourth-order valence-corrected chi connectivity index (χ4v) is 3.11. The molecule has 2 aliphatic rings. The molecule has 18 heavy (non-hydrogen) atoms. The number of ether oxygens (including phenoxy) is 1. The van der Waals surface area contributed by atoms with Crippen LogP contribution in [0.2, 0.25) is 0 Å². The van der Waals surface area contributed by atoms with Crippen LogP contribution >= 0.6 is 0 Å². The number of rotatable bonds is 3. The van der Waals surface area contributed by atoms with Crippen LogP contribution in [0.3, 0.4) is 0 Å². The van der Waals surface area contributed by atoms with Crippen LogP contribution in [-0.2, 0) is 15.8 Å². The third-order valence-corrected chi connectivity index (χ3v) is 4.27. The lowest BCUT2D eigenvalue weighted by Gasteiger charge is -2.17. The summed E-state index contributed by atoms with van der Waals surface area (Å²) in [5, 5.41) is 0. The summed E-state index contributed by atoms with van der Waals surface area (Å²) in [6.07, 6.45) is 2.40. The molecule has 0 atom stereocenters. The molecule has 0 amide bonds. The largest absolute Gasteiger partial charge is 0.493 e. The first-order chi connectivity index (χ1) is 8.55. The van der Waals surface area contributed by atoms with E-state index in [1.807, 2.05) is 6.07 Å². The van der Waals surface area contributed by atoms with Crippen molar-refractivity contribution in [3.05, 3.63) is 29.3 Å². The predicted octanol–water partition coefficient (Wildman–Crippen LogP) is 1.02. The van der Waals surface area contributed by atoms with Crippen LogP contribution in [0.1, 0.15) is 24.0 Å². The van der Waals surface area contributed by atoms with E-state index < -0.39 is 10.0 Å². The molecule has 3 rings (SSSR count). The minimum Gasteiger partial charge on any atom is -0.493 e. The molecule has 6 heteroatoms. The van der Waals surface area contributed by atoms with Gasteiger partial charge in [0.05, 0.1) is 17.9 Å². The number of nitrogens with zero attached hydrogens (tertiary/aromatic N) is 1. The molecule has 0 spiro atoms. The van der Waals surface area contributed by atoms with Crippen LogP contribution in [0.5, 0.6) is 5.75 Å². The van der Waals surface area contributed by atoms with Crippen molar-refractivity contribution in [3.8, 4) is 5.75 Å². The van der Waals surface area contributed by atoms with Gasteiger partial charge in [-0.05, 0) is 30.4 Å². The monoisotopic (exact) mass is 266 g/mol. The van der Waals surface area contributed by atoms with Gasteiger partial charge in [0.15, 0.2) is 0 Å². The molecule has 1 aromatic rings. The van der Waals surface area contributed by atoms with Gasteiger partial charge in [-0.1, -0.05) is 12.1 Å². The van der Waals surface area contributed by atoms with Gasteiger partial charge >= 0.3 is 0 Å². The summed E-state index contributed by atoms with van der Waals surface area (Å²) in [5.41, 5.74) is 7.03. The first kappa shape index (κ1) is 11.5. The summed E-state index contributed by atoms with van der Waals surface area (Å²) in [6.45, 7) is 0.663. The van der Waals surface area contributed by atoms with Crippen molar-refractivity contribution >= 4 is 15.9 Å². The van der Waals surface area contributed by atoms with E-state index in [4.69, 9.17) is 10.5 Å². The summed E-state index contributed by atoms with van der Waals surface area (Å²) in [6, 6.07) is 5.34. The maximum atomic E-state index is 11.5. The zero-order chi connectivity index (χ0) is 12.8. The molecule has 1 heterocycles. The van der Waals surface area contributed by atoms with Crippen molar-refractivity contribution in [1.29, 1.82) is 0 Å². The van der Waals surface area contributed by atoms with Gasteiger partial charge in [0.1, 0.15) is 11.6 Å². The Labute approximate surface area is 106 Å². The van der Waals surface area contributed by atoms with Crippen LogP contribution in [-0.4, -0.2) is 20.9 Å². The molecule has 0 unspecified atom stereocenters. The van der Waals surface area contributed by atoms with E-state index in [0.29, 0.717) is 29.4 Å². The summed E-state index contributed by atoms with van der Waals surface area (Å²) >= 11 is 0. The standard InChI is InChI=1S/C12H14N2O3S/c13-12-11-9(7-18(15,16)14-12)2-1-3-10(11)17-6-8-4-5-8/h1-3,8H,4-7H2,(H2,13,14). The molecule has 2 N–H and O–H groups in total. The van der Waals surface area contributed by atoms with Gasteiger partial charge in [0, 0.05) is 0 Å². The lowest BCUT2D eigenvalue weighted by molar-refractivity contribution is 0.299. The molecule has 1 saturated carbocycles. The predicted molar refractivity (Wildman–Crippen MR) is 68.0 cm³/mol. The highest BCUT2D eigenvalue weighted by molar-refractivity contribution is 7.89. The zero-order valence-electron chi connectivity index (χ0n) is 9.80. The van der Waals surface area contributed by atoms with Gasteiger partial charge in [-0.2, -0.15) is 0 Å². The van der Waals surface area contributed by atoms with Crippen LogP contribution in [0.15, 0.2) is 22.6 Å². The lowest BCUT2D eigenvalue weighted by atomic mass is 10.1. The summed E-state index contributed by atoms with van der Waals surface area (Å²) in [4.78, 5) is 0. The summed E-state index contributed by atoms with van der Waals surface area (Å²) < 4.78 is 32.3. The topological polar surface area (TPSA) is 81.8 Å². The Bertz CT molecular complexity index is 618. The zero-order valence-corrected chi connectivity index (χ0v) is 10.6. The van der Waals surface area contributed by atoms with E-state index in [-0.39, 0.29) is 11.6 Å². The molecular weight excluding hydrogens is 252 g/mol. The van der Waals surface area contributed by atoms with Crippen LogP contribution in [0.4, 0.5) is 0 Å². The molecule has 0 radical (unpaired) electrons. The number of nitrogens with two attached hydrogens (primary N) is 1. The lowest BCUT2D eigenvalue weighted by Crippen LogP contribution is -2.24. The molecule has 0 aromatic heterocycles. The van der Waals surface area contributed by atoms with E-state index in [2.05, 4.69) is 4.40 Å². The molecular formula is C12H14N2O3S. The Morgan fingerprint density at radius 3 is 2.89 bits per heavy atom. The van der Waals surface area contributed by atoms with Gasteiger partial charge in [-0.3, -0.25) is 0 Å². The average molecular weight is 266 g/mol. The Hall–Kier alpha value is -1.56. The second-order valence-corrected chi connectivity index (χ2v) is 6.38. The molecule has 0 saturated heterocycles. The Morgan fingerprint density at radius 1 is 1.39 bits per heavy atom. The van der Waals surface area contributed by atoms with Gasteiger partial charge in [-0.15, -0.1) is 4.40 Å². The first-order valence-electron chi connectivity index (χ1n) is 5.88. The van der Waals surface area contributed by atoms with Crippen molar-refractivity contribution in [2.45, 2.75) is 18.6 Å². The minimum absolute atomic E-state index is 0.0302. The average Bonchev–Trinajstić information content (AvgIpc) is 3.07. The smallest absolute Gasteiger partial charge is 0.259 e. The Balaban J connectivity index is 1.97. The second-order valence-electron chi connectivity index (χ2n) is 4.75. The fourth-order valence-electron chi connectivity index (χ4n) is 2.02. The van der Waals surface area contributed by atoms with Crippen molar-refractivity contribution in [1.82, 2.24) is 0 Å². The normalized spacial score (nSPS) is 21.0. The highest BCUT2D eigenvalue weighted by atomic mass is 32.2. The summed E-state index contributed by atoms with van der Waals surface area (Å²) in [7, 11) is -3.47. The van der Waals surface area contributed by atoms with E-state index >= 15 is 0 Å². The highest BCUT2D eigenvalue weighted by Crippen LogP contribution is 2.32. The molecule has 5 nitrogen and oxygen atoms in total. The van der Waals surface area contributed by atoms with E-state index in [1.54, 1.807) is 12.1 Å². The van der Waals surface area contributed by atoms with Gasteiger partial charge in [0.25, 0.3) is 10.0 Å². The van der Waals surface area contributed by atoms with E-state index in [0.717, 1.165) is 0 Å². The first-order valence-corrected chi connectivity index (χ1v) is 7.49. The molecule has 1 aromatic carbocycles. The highest BCUT2D eigenvalue weighted by Gasteiger charge is 2.27. The maximum Gasteiger partial charge on any atom is 0.259 e. The number of fused-ring (bicyclic) bond motifs is 1. The molecule has 1 aliphatic carbocycles. The molecule has 0 bridgehead atoms. The quantitative estimate of drug-likeness (QED) is 0.885. The number of sulfonamides is 1. The van der Waals surface area contributed by atoms with Crippen molar-refractivity contribution in [2.24, 2.45) is 16.0 Å². The summed E-state index contributed by atoms with van der Waals surface area (Å²) in [5.74, 6) is 1.19. The second kappa shape index (κ2) is 3.98. The van der Waals surface area contributed by atoms with Crippen LogP contribution in [0, 0.1) is 5.92 Å². The number of benzene rings is 1. The van der Waals surface area contributed by atoms with Gasteiger partial charge in [0.2, 0.25) is 0 Å². The number of hydrogen-bond acceptors (Lipinski definition) is 4. The Morgan fingerprint density at radius 2 is 2.17 bits per heavy atom. The third kappa shape index (κ3) is 2.20. The fraction of sp³-hybridized carbons (Fsp3) is 0.417. The molecule has 1 fully saturated rings. The maximum absolute atomic E-state index is 11.5. The van der Waals surface area contributed by atoms with Crippen molar-refractivity contribution in [2.75, 3.05) is 6.61 Å². The van der Waals surface area contributed by atoms with Gasteiger partial charge < -0.3 is 10.5 Å². The third-order valence-electron chi connectivity index (χ3n) is 3.12. The molecule has 96 valence electrons. The van der Waals surface area contributed by atoms with E-state index in [9.17, 15) is 8.42 Å². The SMILES string of the molecule is NC1=NS(=O)(=O)Cc2cccc(OCC3CC3)c21. The van der Waals surface area contributed by atoms with E-state index in [1.165, 1.54) is 12.8 Å². The number of amidine groups is 1.